The van der Waals surface area contributed by atoms with Crippen LogP contribution in [0.1, 0.15) is 30.4 Å². The van der Waals surface area contributed by atoms with Crippen LogP contribution in [-0.2, 0) is 0 Å². The van der Waals surface area contributed by atoms with E-state index in [-0.39, 0.29) is 5.78 Å². The predicted molar refractivity (Wildman–Crippen MR) is 75.0 cm³/mol. The fraction of sp³-hybridized carbons (Fsp3) is 0.583. The zero-order valence-corrected chi connectivity index (χ0v) is 11.6. The highest BCUT2D eigenvalue weighted by atomic mass is 32.1. The summed E-state index contributed by atoms with van der Waals surface area (Å²) in [5, 5.41) is 4.28. The van der Waals surface area contributed by atoms with E-state index in [4.69, 9.17) is 5.73 Å². The molecule has 0 radical (unpaired) electrons. The highest BCUT2D eigenvalue weighted by molar-refractivity contribution is 7.18. The number of carbonyl (C=O) groups excluding carboxylic acids is 1. The predicted octanol–water partition coefficient (Wildman–Crippen LogP) is 2.29. The molecule has 0 aliphatic carbocycles. The molecule has 5 heteroatoms. The van der Waals surface area contributed by atoms with Crippen molar-refractivity contribution < 1.29 is 4.79 Å². The number of rotatable bonds is 7. The van der Waals surface area contributed by atoms with Gasteiger partial charge in [0.15, 0.2) is 5.78 Å². The van der Waals surface area contributed by atoms with Gasteiger partial charge in [-0.1, -0.05) is 13.8 Å². The summed E-state index contributed by atoms with van der Waals surface area (Å²) in [6.07, 6.45) is 0. The second kappa shape index (κ2) is 6.61. The van der Waals surface area contributed by atoms with E-state index < -0.39 is 0 Å². The van der Waals surface area contributed by atoms with Crippen molar-refractivity contribution in [2.75, 3.05) is 37.2 Å². The third-order valence-corrected chi connectivity index (χ3v) is 3.91. The van der Waals surface area contributed by atoms with Crippen LogP contribution in [0.4, 0.5) is 10.7 Å². The molecule has 4 nitrogen and oxygen atoms in total. The lowest BCUT2D eigenvalue weighted by atomic mass is 10.3. The summed E-state index contributed by atoms with van der Waals surface area (Å²) < 4.78 is 0. The fourth-order valence-corrected chi connectivity index (χ4v) is 2.54. The molecule has 0 aliphatic rings. The summed E-state index contributed by atoms with van der Waals surface area (Å²) in [5.41, 5.74) is 6.34. The number of nitrogens with two attached hydrogens (primary N) is 1. The Labute approximate surface area is 107 Å². The molecule has 17 heavy (non-hydrogen) atoms. The Balaban J connectivity index is 2.47. The molecule has 0 atom stereocenters. The maximum atomic E-state index is 11.2. The van der Waals surface area contributed by atoms with Crippen molar-refractivity contribution in [2.45, 2.75) is 20.8 Å². The van der Waals surface area contributed by atoms with Crippen LogP contribution in [0.3, 0.4) is 0 Å². The summed E-state index contributed by atoms with van der Waals surface area (Å²) in [5.74, 6) is 0.0318. The minimum atomic E-state index is 0.0318. The van der Waals surface area contributed by atoms with Crippen LogP contribution in [0.2, 0.25) is 0 Å². The maximum absolute atomic E-state index is 11.2. The number of carbonyl (C=O) groups is 1. The molecule has 0 aromatic carbocycles. The Hall–Kier alpha value is -1.07. The molecule has 1 aromatic rings. The highest BCUT2D eigenvalue weighted by Crippen LogP contribution is 2.29. The molecule has 0 bridgehead atoms. The zero-order chi connectivity index (χ0) is 12.8. The quantitative estimate of drug-likeness (QED) is 0.734. The lowest BCUT2D eigenvalue weighted by Crippen LogP contribution is -2.28. The van der Waals surface area contributed by atoms with E-state index >= 15 is 0 Å². The Morgan fingerprint density at radius 2 is 2.12 bits per heavy atom. The third kappa shape index (κ3) is 4.02. The number of hydrogen-bond donors (Lipinski definition) is 2. The number of anilines is 2. The van der Waals surface area contributed by atoms with Gasteiger partial charge in [0.1, 0.15) is 0 Å². The minimum Gasteiger partial charge on any atom is -0.397 e. The molecule has 0 unspecified atom stereocenters. The zero-order valence-electron chi connectivity index (χ0n) is 10.7. The second-order valence-corrected chi connectivity index (χ2v) is 4.96. The van der Waals surface area contributed by atoms with E-state index in [2.05, 4.69) is 24.1 Å². The van der Waals surface area contributed by atoms with E-state index in [1.54, 1.807) is 6.92 Å². The van der Waals surface area contributed by atoms with Crippen LogP contribution in [0, 0.1) is 0 Å². The summed E-state index contributed by atoms with van der Waals surface area (Å²) >= 11 is 1.43. The first-order valence-electron chi connectivity index (χ1n) is 5.94. The molecule has 1 aromatic heterocycles. The molecule has 0 amide bonds. The molecule has 0 aliphatic heterocycles. The van der Waals surface area contributed by atoms with Crippen molar-refractivity contribution in [3.8, 4) is 0 Å². The number of hydrogen-bond acceptors (Lipinski definition) is 5. The smallest absolute Gasteiger partial charge is 0.171 e. The summed E-state index contributed by atoms with van der Waals surface area (Å²) in [4.78, 5) is 14.2. The molecule has 1 rings (SSSR count). The van der Waals surface area contributed by atoms with Gasteiger partial charge in [-0.3, -0.25) is 4.79 Å². The highest BCUT2D eigenvalue weighted by Gasteiger charge is 2.10. The van der Waals surface area contributed by atoms with Gasteiger partial charge in [-0.15, -0.1) is 11.3 Å². The van der Waals surface area contributed by atoms with Crippen molar-refractivity contribution in [2.24, 2.45) is 0 Å². The standard InChI is InChI=1S/C12H21N3OS/c1-4-15(5-2)7-6-14-11-8-10(13)12(17-11)9(3)16/h8,14H,4-7,13H2,1-3H3. The molecule has 0 saturated carbocycles. The van der Waals surface area contributed by atoms with E-state index in [1.165, 1.54) is 11.3 Å². The number of likely N-dealkylation sites (N-methyl/N-ethyl adjacent to an activating group) is 1. The molecular formula is C12H21N3OS. The lowest BCUT2D eigenvalue weighted by molar-refractivity contribution is 0.102. The minimum absolute atomic E-state index is 0.0318. The maximum Gasteiger partial charge on any atom is 0.171 e. The number of nitrogens with zero attached hydrogens (tertiary/aromatic N) is 1. The van der Waals surface area contributed by atoms with Crippen molar-refractivity contribution in [3.63, 3.8) is 0 Å². The Bertz CT molecular complexity index is 372. The summed E-state index contributed by atoms with van der Waals surface area (Å²) in [7, 11) is 0. The van der Waals surface area contributed by atoms with E-state index in [9.17, 15) is 4.79 Å². The largest absolute Gasteiger partial charge is 0.397 e. The van der Waals surface area contributed by atoms with Crippen LogP contribution < -0.4 is 11.1 Å². The molecule has 1 heterocycles. The molecule has 3 N–H and O–H groups in total. The van der Waals surface area contributed by atoms with E-state index in [0.717, 1.165) is 31.2 Å². The van der Waals surface area contributed by atoms with Gasteiger partial charge in [0.25, 0.3) is 0 Å². The number of ketones is 1. The second-order valence-electron chi connectivity index (χ2n) is 3.90. The van der Waals surface area contributed by atoms with Crippen LogP contribution in [0.15, 0.2) is 6.07 Å². The van der Waals surface area contributed by atoms with Crippen LogP contribution in [-0.4, -0.2) is 36.9 Å². The number of Topliss-reactive ketones (excluding diaryl/α,β-unsaturated/α-hetero) is 1. The van der Waals surface area contributed by atoms with Gasteiger partial charge >= 0.3 is 0 Å². The monoisotopic (exact) mass is 255 g/mol. The molecule has 0 saturated heterocycles. The van der Waals surface area contributed by atoms with Crippen molar-refractivity contribution in [1.29, 1.82) is 0 Å². The van der Waals surface area contributed by atoms with Crippen molar-refractivity contribution in [3.05, 3.63) is 10.9 Å². The first kappa shape index (κ1) is 14.0. The topological polar surface area (TPSA) is 58.4 Å². The first-order chi connectivity index (χ1) is 8.08. The van der Waals surface area contributed by atoms with Gasteiger partial charge in [-0.05, 0) is 19.2 Å². The van der Waals surface area contributed by atoms with Gasteiger partial charge < -0.3 is 16.0 Å². The van der Waals surface area contributed by atoms with E-state index in [0.29, 0.717) is 10.6 Å². The Morgan fingerprint density at radius 1 is 1.47 bits per heavy atom. The van der Waals surface area contributed by atoms with E-state index in [1.807, 2.05) is 6.07 Å². The molecule has 0 fully saturated rings. The Morgan fingerprint density at radius 3 is 2.59 bits per heavy atom. The summed E-state index contributed by atoms with van der Waals surface area (Å²) in [6.45, 7) is 9.84. The normalized spacial score (nSPS) is 10.8. The van der Waals surface area contributed by atoms with Gasteiger partial charge in [0.2, 0.25) is 0 Å². The number of nitrogen functional groups attached to an aromatic ring is 1. The van der Waals surface area contributed by atoms with Gasteiger partial charge in [0, 0.05) is 20.0 Å². The SMILES string of the molecule is CCN(CC)CCNc1cc(N)c(C(C)=O)s1. The number of nitrogens with one attached hydrogen (secondary N) is 1. The van der Waals surface area contributed by atoms with Gasteiger partial charge in [0.05, 0.1) is 15.6 Å². The van der Waals surface area contributed by atoms with Crippen LogP contribution in [0.5, 0.6) is 0 Å². The lowest BCUT2D eigenvalue weighted by Gasteiger charge is -2.17. The number of thiophene rings is 1. The van der Waals surface area contributed by atoms with Crippen LogP contribution in [0.25, 0.3) is 0 Å². The fourth-order valence-electron chi connectivity index (χ4n) is 1.64. The molecule has 96 valence electrons. The molecular weight excluding hydrogens is 234 g/mol. The summed E-state index contributed by atoms with van der Waals surface area (Å²) in [6, 6.07) is 1.84. The van der Waals surface area contributed by atoms with Gasteiger partial charge in [-0.25, -0.2) is 0 Å². The van der Waals surface area contributed by atoms with Gasteiger partial charge in [-0.2, -0.15) is 0 Å². The van der Waals surface area contributed by atoms with Crippen molar-refractivity contribution >= 4 is 27.8 Å². The average Bonchev–Trinajstić information content (AvgIpc) is 2.66. The molecule has 0 spiro atoms. The third-order valence-electron chi connectivity index (χ3n) is 2.70. The van der Waals surface area contributed by atoms with Crippen molar-refractivity contribution in [1.82, 2.24) is 4.90 Å². The Kier molecular flexibility index (Phi) is 5.44. The van der Waals surface area contributed by atoms with Crippen LogP contribution >= 0.6 is 11.3 Å². The first-order valence-corrected chi connectivity index (χ1v) is 6.76. The average molecular weight is 255 g/mol.